The topological polar surface area (TPSA) is 67.2 Å². The lowest BCUT2D eigenvalue weighted by Gasteiger charge is -2.12. The molecule has 1 aliphatic heterocycles. The molecule has 1 aliphatic carbocycles. The molecule has 29 heavy (non-hydrogen) atoms. The molecule has 148 valence electrons. The second-order valence-electron chi connectivity index (χ2n) is 7.35. The molecule has 1 saturated carbocycles. The van der Waals surface area contributed by atoms with Crippen LogP contribution in [0.3, 0.4) is 0 Å². The van der Waals surface area contributed by atoms with Crippen molar-refractivity contribution in [2.45, 2.75) is 18.3 Å². The van der Waals surface area contributed by atoms with Crippen molar-refractivity contribution in [2.75, 3.05) is 12.1 Å². The fourth-order valence-electron chi connectivity index (χ4n) is 3.64. The number of halogens is 2. The molecule has 1 fully saturated rings. The maximum Gasteiger partial charge on any atom is 0.318 e. The number of hydrogen-bond acceptors (Lipinski definition) is 3. The van der Waals surface area contributed by atoms with Crippen LogP contribution in [-0.4, -0.2) is 17.8 Å². The molecular weight excluding hydrogens is 413 g/mol. The zero-order valence-electron chi connectivity index (χ0n) is 15.6. The largest absolute Gasteiger partial charge is 0.454 e. The summed E-state index contributed by atoms with van der Waals surface area (Å²) in [6.45, 7) is 0.217. The number of aryl methyl sites for hydroxylation is 1. The summed E-state index contributed by atoms with van der Waals surface area (Å²) in [6.07, 6.45) is 1.60. The normalized spacial score (nSPS) is 16.0. The van der Waals surface area contributed by atoms with Crippen LogP contribution in [-0.2, 0) is 17.3 Å². The van der Waals surface area contributed by atoms with Crippen LogP contribution in [0.1, 0.15) is 18.4 Å². The molecular formula is C21H18Cl2N3O3+. The molecule has 0 atom stereocenters. The van der Waals surface area contributed by atoms with Gasteiger partial charge in [-0.1, -0.05) is 35.3 Å². The van der Waals surface area contributed by atoms with Crippen LogP contribution in [0, 0.1) is 0 Å². The minimum atomic E-state index is -0.533. The number of hydrogen-bond donors (Lipinski definition) is 2. The first-order valence-corrected chi connectivity index (χ1v) is 9.98. The summed E-state index contributed by atoms with van der Waals surface area (Å²) < 4.78 is 12.6. The van der Waals surface area contributed by atoms with Crippen molar-refractivity contribution >= 4 is 34.9 Å². The Kier molecular flexibility index (Phi) is 4.22. The number of amides is 1. The van der Waals surface area contributed by atoms with Gasteiger partial charge in [0.05, 0.1) is 27.2 Å². The summed E-state index contributed by atoms with van der Waals surface area (Å²) >= 11 is 12.1. The molecule has 2 aliphatic rings. The molecule has 0 spiro atoms. The van der Waals surface area contributed by atoms with Crippen molar-refractivity contribution in [1.29, 1.82) is 0 Å². The minimum absolute atomic E-state index is 0.0355. The van der Waals surface area contributed by atoms with E-state index in [1.807, 2.05) is 37.4 Å². The van der Waals surface area contributed by atoms with Gasteiger partial charge in [0, 0.05) is 5.56 Å². The van der Waals surface area contributed by atoms with E-state index in [4.69, 9.17) is 32.7 Å². The maximum absolute atomic E-state index is 13.1. The van der Waals surface area contributed by atoms with Crippen LogP contribution in [0.15, 0.2) is 42.5 Å². The van der Waals surface area contributed by atoms with Gasteiger partial charge in [-0.05, 0) is 42.7 Å². The van der Waals surface area contributed by atoms with E-state index in [1.165, 1.54) is 0 Å². The highest BCUT2D eigenvalue weighted by Crippen LogP contribution is 2.51. The summed E-state index contributed by atoms with van der Waals surface area (Å²) in [7, 11) is 1.84. The second kappa shape index (κ2) is 6.68. The minimum Gasteiger partial charge on any atom is -0.454 e. The number of aromatic nitrogens is 2. The first kappa shape index (κ1) is 18.3. The van der Waals surface area contributed by atoms with Gasteiger partial charge < -0.3 is 9.47 Å². The standard InChI is InChI=1S/C21H17Cl2N3O3/c1-26-19(10-16(25-26)12-2-4-14(22)15(23)8-12)24-20(27)21(6-7-21)13-3-5-17-18(9-13)29-11-28-17/h2-5,8-10H,6-7,11H2,1H3,(H,24,25,27)/p+1. The van der Waals surface area contributed by atoms with E-state index < -0.39 is 5.41 Å². The third-order valence-electron chi connectivity index (χ3n) is 5.51. The lowest BCUT2D eigenvalue weighted by Crippen LogP contribution is -2.37. The Morgan fingerprint density at radius 3 is 2.62 bits per heavy atom. The molecule has 0 saturated heterocycles. The van der Waals surface area contributed by atoms with Gasteiger partial charge in [-0.25, -0.2) is 15.2 Å². The van der Waals surface area contributed by atoms with Crippen LogP contribution in [0.25, 0.3) is 11.3 Å². The summed E-state index contributed by atoms with van der Waals surface area (Å²) in [4.78, 5) is 13.1. The Bertz CT molecular complexity index is 1140. The number of nitrogens with one attached hydrogen (secondary N) is 2. The summed E-state index contributed by atoms with van der Waals surface area (Å²) in [5.41, 5.74) is 2.12. The molecule has 0 bridgehead atoms. The van der Waals surface area contributed by atoms with E-state index in [0.29, 0.717) is 27.4 Å². The number of anilines is 1. The predicted octanol–water partition coefficient (Wildman–Crippen LogP) is 4.21. The van der Waals surface area contributed by atoms with Crippen molar-refractivity contribution in [2.24, 2.45) is 7.05 Å². The summed E-state index contributed by atoms with van der Waals surface area (Å²) in [5.74, 6) is 2.04. The number of carbonyl (C=O) groups excluding carboxylic acids is 1. The van der Waals surface area contributed by atoms with Gasteiger partial charge in [-0.3, -0.25) is 0 Å². The molecule has 8 heteroatoms. The van der Waals surface area contributed by atoms with E-state index >= 15 is 0 Å². The first-order chi connectivity index (χ1) is 14.0. The van der Waals surface area contributed by atoms with E-state index in [9.17, 15) is 4.79 Å². The number of rotatable bonds is 4. The van der Waals surface area contributed by atoms with Gasteiger partial charge in [0.1, 0.15) is 7.05 Å². The van der Waals surface area contributed by atoms with Gasteiger partial charge in [0.2, 0.25) is 6.79 Å². The average molecular weight is 431 g/mol. The van der Waals surface area contributed by atoms with Crippen molar-refractivity contribution in [1.82, 2.24) is 5.10 Å². The molecule has 6 nitrogen and oxygen atoms in total. The van der Waals surface area contributed by atoms with Gasteiger partial charge in [0.25, 0.3) is 0 Å². The molecule has 2 aromatic carbocycles. The maximum atomic E-state index is 13.1. The zero-order valence-corrected chi connectivity index (χ0v) is 17.1. The smallest absolute Gasteiger partial charge is 0.318 e. The van der Waals surface area contributed by atoms with Crippen LogP contribution in [0.2, 0.25) is 10.0 Å². The molecule has 0 unspecified atom stereocenters. The lowest BCUT2D eigenvalue weighted by atomic mass is 9.94. The highest BCUT2D eigenvalue weighted by Gasteiger charge is 2.54. The average Bonchev–Trinajstić information content (AvgIpc) is 3.26. The van der Waals surface area contributed by atoms with Gasteiger partial charge in [-0.2, -0.15) is 4.68 Å². The SMILES string of the molecule is C[n+]1[nH]c(-c2ccc(Cl)c(Cl)c2)cc1NC(=O)C1(c2ccc3c(c2)OCO3)CC1. The number of aromatic amines is 1. The van der Waals surface area contributed by atoms with Gasteiger partial charge in [-0.15, -0.1) is 0 Å². The predicted molar refractivity (Wildman–Crippen MR) is 110 cm³/mol. The molecule has 1 aromatic heterocycles. The van der Waals surface area contributed by atoms with Crippen molar-refractivity contribution in [3.63, 3.8) is 0 Å². The van der Waals surface area contributed by atoms with Crippen molar-refractivity contribution in [3.05, 3.63) is 58.1 Å². The first-order valence-electron chi connectivity index (χ1n) is 9.22. The number of carbonyl (C=O) groups is 1. The summed E-state index contributed by atoms with van der Waals surface area (Å²) in [5, 5.41) is 7.26. The van der Waals surface area contributed by atoms with Crippen LogP contribution < -0.4 is 19.5 Å². The van der Waals surface area contributed by atoms with Crippen LogP contribution in [0.4, 0.5) is 5.82 Å². The van der Waals surface area contributed by atoms with Gasteiger partial charge in [0.15, 0.2) is 11.5 Å². The van der Waals surface area contributed by atoms with E-state index in [2.05, 4.69) is 10.4 Å². The Balaban J connectivity index is 1.40. The lowest BCUT2D eigenvalue weighted by molar-refractivity contribution is -0.712. The van der Waals surface area contributed by atoms with Crippen LogP contribution >= 0.6 is 23.2 Å². The van der Waals surface area contributed by atoms with E-state index in [1.54, 1.807) is 16.8 Å². The third kappa shape index (κ3) is 3.12. The van der Waals surface area contributed by atoms with Crippen LogP contribution in [0.5, 0.6) is 11.5 Å². The number of fused-ring (bicyclic) bond motifs is 1. The second-order valence-corrected chi connectivity index (χ2v) is 8.16. The Morgan fingerprint density at radius 1 is 1.07 bits per heavy atom. The van der Waals surface area contributed by atoms with Crippen molar-refractivity contribution < 1.29 is 19.0 Å². The number of benzene rings is 2. The molecule has 1 amide bonds. The molecule has 2 heterocycles. The van der Waals surface area contributed by atoms with E-state index in [-0.39, 0.29) is 12.7 Å². The Labute approximate surface area is 177 Å². The Morgan fingerprint density at radius 2 is 1.86 bits per heavy atom. The quantitative estimate of drug-likeness (QED) is 0.609. The molecule has 0 radical (unpaired) electrons. The third-order valence-corrected chi connectivity index (χ3v) is 6.25. The fourth-order valence-corrected chi connectivity index (χ4v) is 3.94. The number of ether oxygens (including phenoxy) is 2. The van der Waals surface area contributed by atoms with Gasteiger partial charge >= 0.3 is 11.7 Å². The molecule has 5 rings (SSSR count). The Hall–Kier alpha value is -2.70. The monoisotopic (exact) mass is 430 g/mol. The fraction of sp³-hybridized carbons (Fsp3) is 0.238. The molecule has 3 aromatic rings. The highest BCUT2D eigenvalue weighted by atomic mass is 35.5. The zero-order chi connectivity index (χ0) is 20.2. The molecule has 2 N–H and O–H groups in total. The highest BCUT2D eigenvalue weighted by molar-refractivity contribution is 6.42. The number of nitrogens with zero attached hydrogens (tertiary/aromatic N) is 1. The van der Waals surface area contributed by atoms with Crippen molar-refractivity contribution in [3.8, 4) is 22.8 Å². The number of H-pyrrole nitrogens is 1. The van der Waals surface area contributed by atoms with E-state index in [0.717, 1.165) is 29.7 Å². The summed E-state index contributed by atoms with van der Waals surface area (Å²) in [6, 6.07) is 13.0.